The van der Waals surface area contributed by atoms with Gasteiger partial charge in [0.1, 0.15) is 17.2 Å². The summed E-state index contributed by atoms with van der Waals surface area (Å²) >= 11 is 0. The minimum absolute atomic E-state index is 0.179. The molecule has 0 aliphatic rings. The largest absolute Gasteiger partial charge is 0.506 e. The van der Waals surface area contributed by atoms with Crippen LogP contribution in [0.3, 0.4) is 0 Å². The van der Waals surface area contributed by atoms with Crippen molar-refractivity contribution in [3.63, 3.8) is 0 Å². The molecule has 0 unspecified atom stereocenters. The molecule has 0 aromatic heterocycles. The fourth-order valence-electron chi connectivity index (χ4n) is 2.73. The van der Waals surface area contributed by atoms with Crippen molar-refractivity contribution in [2.45, 2.75) is 6.92 Å². The summed E-state index contributed by atoms with van der Waals surface area (Å²) < 4.78 is 10.6. The molecule has 0 spiro atoms. The summed E-state index contributed by atoms with van der Waals surface area (Å²) in [4.78, 5) is 1.99. The zero-order chi connectivity index (χ0) is 17.8. The number of rotatable bonds is 5. The van der Waals surface area contributed by atoms with E-state index in [1.165, 1.54) is 0 Å². The van der Waals surface area contributed by atoms with Crippen molar-refractivity contribution in [2.24, 2.45) is 0 Å². The zero-order valence-corrected chi connectivity index (χ0v) is 14.6. The number of ether oxygens (including phenoxy) is 2. The third kappa shape index (κ3) is 3.53. The van der Waals surface area contributed by atoms with Gasteiger partial charge in [-0.25, -0.2) is 0 Å². The molecule has 0 aliphatic heterocycles. The normalized spacial score (nSPS) is 10.4. The zero-order valence-electron chi connectivity index (χ0n) is 14.6. The highest BCUT2D eigenvalue weighted by atomic mass is 16.5. The Labute approximate surface area is 147 Å². The Kier molecular flexibility index (Phi) is 4.80. The van der Waals surface area contributed by atoms with Crippen LogP contribution in [0.1, 0.15) is 5.56 Å². The van der Waals surface area contributed by atoms with Crippen LogP contribution in [-0.4, -0.2) is 19.3 Å². The molecule has 0 saturated carbocycles. The fraction of sp³-hybridized carbons (Fsp3) is 0.143. The Morgan fingerprint density at radius 2 is 1.44 bits per heavy atom. The van der Waals surface area contributed by atoms with Crippen LogP contribution in [0.4, 0.5) is 17.1 Å². The summed E-state index contributed by atoms with van der Waals surface area (Å²) in [5, 5.41) is 10.5. The van der Waals surface area contributed by atoms with E-state index >= 15 is 0 Å². The van der Waals surface area contributed by atoms with Gasteiger partial charge in [-0.3, -0.25) is 0 Å². The number of nitrogens with zero attached hydrogens (tertiary/aromatic N) is 1. The Morgan fingerprint density at radius 1 is 0.760 bits per heavy atom. The lowest BCUT2D eigenvalue weighted by Crippen LogP contribution is -2.10. The van der Waals surface area contributed by atoms with E-state index in [1.807, 2.05) is 60.4 Å². The highest BCUT2D eigenvalue weighted by Crippen LogP contribution is 2.41. The van der Waals surface area contributed by atoms with Crippen LogP contribution in [0.25, 0.3) is 0 Å². The standard InChI is InChI=1S/C21H21NO3/c1-15-5-4-6-17(13-15)22(16-7-9-18(24-2)10-8-16)20-14-19(25-3)11-12-21(20)23/h4-14,23H,1-3H3. The molecule has 0 atom stereocenters. The minimum atomic E-state index is 0.179. The van der Waals surface area contributed by atoms with E-state index in [1.54, 1.807) is 26.4 Å². The van der Waals surface area contributed by atoms with Gasteiger partial charge in [-0.1, -0.05) is 12.1 Å². The molecule has 1 N–H and O–H groups in total. The van der Waals surface area contributed by atoms with Gasteiger partial charge in [-0.05, 0) is 61.0 Å². The molecule has 3 aromatic carbocycles. The van der Waals surface area contributed by atoms with Crippen molar-refractivity contribution >= 4 is 17.1 Å². The molecule has 4 heteroatoms. The number of aryl methyl sites for hydroxylation is 1. The second-order valence-corrected chi connectivity index (χ2v) is 5.73. The first-order chi connectivity index (χ1) is 12.1. The van der Waals surface area contributed by atoms with E-state index in [-0.39, 0.29) is 5.75 Å². The second-order valence-electron chi connectivity index (χ2n) is 5.73. The average molecular weight is 335 g/mol. The van der Waals surface area contributed by atoms with Crippen molar-refractivity contribution < 1.29 is 14.6 Å². The van der Waals surface area contributed by atoms with Crippen LogP contribution in [0.5, 0.6) is 17.2 Å². The Hall–Kier alpha value is -3.14. The maximum atomic E-state index is 10.5. The average Bonchev–Trinajstić information content (AvgIpc) is 2.64. The van der Waals surface area contributed by atoms with Gasteiger partial charge < -0.3 is 19.5 Å². The molecular formula is C21H21NO3. The molecule has 0 bridgehead atoms. The second kappa shape index (κ2) is 7.18. The van der Waals surface area contributed by atoms with Crippen LogP contribution in [-0.2, 0) is 0 Å². The predicted octanol–water partition coefficient (Wildman–Crippen LogP) is 5.19. The first kappa shape index (κ1) is 16.7. The molecule has 0 fully saturated rings. The summed E-state index contributed by atoms with van der Waals surface area (Å²) in [5.41, 5.74) is 3.65. The van der Waals surface area contributed by atoms with Gasteiger partial charge in [0, 0.05) is 17.4 Å². The first-order valence-electron chi connectivity index (χ1n) is 8.00. The molecule has 3 rings (SSSR count). The number of aromatic hydroxyl groups is 1. The monoisotopic (exact) mass is 335 g/mol. The highest BCUT2D eigenvalue weighted by Gasteiger charge is 2.17. The predicted molar refractivity (Wildman–Crippen MR) is 101 cm³/mol. The van der Waals surface area contributed by atoms with Crippen LogP contribution >= 0.6 is 0 Å². The first-order valence-corrected chi connectivity index (χ1v) is 8.00. The summed E-state index contributed by atoms with van der Waals surface area (Å²) in [6, 6.07) is 21.0. The van der Waals surface area contributed by atoms with Crippen molar-refractivity contribution in [3.05, 3.63) is 72.3 Å². The smallest absolute Gasteiger partial charge is 0.139 e. The molecule has 4 nitrogen and oxygen atoms in total. The summed E-state index contributed by atoms with van der Waals surface area (Å²) in [7, 11) is 3.25. The molecule has 25 heavy (non-hydrogen) atoms. The number of hydrogen-bond acceptors (Lipinski definition) is 4. The van der Waals surface area contributed by atoms with E-state index in [9.17, 15) is 5.11 Å². The topological polar surface area (TPSA) is 41.9 Å². The van der Waals surface area contributed by atoms with Crippen LogP contribution in [0.15, 0.2) is 66.7 Å². The van der Waals surface area contributed by atoms with Gasteiger partial charge in [-0.15, -0.1) is 0 Å². The molecule has 3 aromatic rings. The third-order valence-electron chi connectivity index (χ3n) is 4.01. The van der Waals surface area contributed by atoms with Crippen LogP contribution < -0.4 is 14.4 Å². The molecule has 0 amide bonds. The van der Waals surface area contributed by atoms with E-state index in [4.69, 9.17) is 9.47 Å². The number of benzene rings is 3. The minimum Gasteiger partial charge on any atom is -0.506 e. The maximum absolute atomic E-state index is 10.5. The number of methoxy groups -OCH3 is 2. The molecule has 0 saturated heterocycles. The quantitative estimate of drug-likeness (QED) is 0.697. The highest BCUT2D eigenvalue weighted by molar-refractivity contribution is 5.81. The third-order valence-corrected chi connectivity index (χ3v) is 4.01. The number of phenols is 1. The van der Waals surface area contributed by atoms with Crippen molar-refractivity contribution in [1.29, 1.82) is 0 Å². The lowest BCUT2D eigenvalue weighted by Gasteiger charge is -2.27. The van der Waals surface area contributed by atoms with Crippen LogP contribution in [0, 0.1) is 6.92 Å². The SMILES string of the molecule is COc1ccc(N(c2cccc(C)c2)c2cc(OC)ccc2O)cc1. The molecule has 128 valence electrons. The van der Waals surface area contributed by atoms with E-state index in [0.29, 0.717) is 11.4 Å². The van der Waals surface area contributed by atoms with Gasteiger partial charge in [-0.2, -0.15) is 0 Å². The number of phenolic OH excluding ortho intramolecular Hbond substituents is 1. The summed E-state index contributed by atoms with van der Waals surface area (Å²) in [5.74, 6) is 1.64. The maximum Gasteiger partial charge on any atom is 0.139 e. The van der Waals surface area contributed by atoms with Crippen molar-refractivity contribution in [2.75, 3.05) is 19.1 Å². The Balaban J connectivity index is 2.18. The Morgan fingerprint density at radius 3 is 2.08 bits per heavy atom. The number of anilines is 3. The summed E-state index contributed by atoms with van der Waals surface area (Å²) in [6.07, 6.45) is 0. The summed E-state index contributed by atoms with van der Waals surface area (Å²) in [6.45, 7) is 2.04. The lowest BCUT2D eigenvalue weighted by molar-refractivity contribution is 0.412. The van der Waals surface area contributed by atoms with Gasteiger partial charge in [0.15, 0.2) is 0 Å². The van der Waals surface area contributed by atoms with Gasteiger partial charge >= 0.3 is 0 Å². The van der Waals surface area contributed by atoms with E-state index < -0.39 is 0 Å². The molecule has 0 heterocycles. The number of hydrogen-bond donors (Lipinski definition) is 1. The van der Waals surface area contributed by atoms with Gasteiger partial charge in [0.25, 0.3) is 0 Å². The van der Waals surface area contributed by atoms with E-state index in [0.717, 1.165) is 22.7 Å². The van der Waals surface area contributed by atoms with Crippen molar-refractivity contribution in [1.82, 2.24) is 0 Å². The van der Waals surface area contributed by atoms with Crippen LogP contribution in [0.2, 0.25) is 0 Å². The Bertz CT molecular complexity index is 859. The fourth-order valence-corrected chi connectivity index (χ4v) is 2.73. The van der Waals surface area contributed by atoms with E-state index in [2.05, 4.69) is 6.07 Å². The van der Waals surface area contributed by atoms with Gasteiger partial charge in [0.2, 0.25) is 0 Å². The van der Waals surface area contributed by atoms with Crippen molar-refractivity contribution in [3.8, 4) is 17.2 Å². The molecule has 0 radical (unpaired) electrons. The lowest BCUT2D eigenvalue weighted by atomic mass is 10.1. The molecule has 0 aliphatic carbocycles. The molecular weight excluding hydrogens is 314 g/mol. The van der Waals surface area contributed by atoms with Gasteiger partial charge in [0.05, 0.1) is 19.9 Å².